The van der Waals surface area contributed by atoms with Crippen molar-refractivity contribution in [3.8, 4) is 0 Å². The molecule has 0 aromatic rings. The molecule has 1 unspecified atom stereocenters. The van der Waals surface area contributed by atoms with Crippen molar-refractivity contribution in [1.82, 2.24) is 0 Å². The van der Waals surface area contributed by atoms with Gasteiger partial charge in [-0.3, -0.25) is 0 Å². The Morgan fingerprint density at radius 2 is 1.13 bits per heavy atom. The molecular weight excluding hydrogens is 572 g/mol. The SMILES string of the molecule is CCCCCC[C@@H]1CCC[C@H]([C@@H]2CC[C@H]([C@@H]3CC[C@@H]([C@@H]4CC[C@H](CCCCCCCC5=CC(C)OC5=O)OCO4)O3)O2)OCO1. The van der Waals surface area contributed by atoms with Crippen LogP contribution in [0.2, 0.25) is 0 Å². The minimum Gasteiger partial charge on any atom is -0.455 e. The zero-order valence-electron chi connectivity index (χ0n) is 28.3. The lowest BCUT2D eigenvalue weighted by molar-refractivity contribution is -0.177. The van der Waals surface area contributed by atoms with Crippen molar-refractivity contribution in [3.63, 3.8) is 0 Å². The summed E-state index contributed by atoms with van der Waals surface area (Å²) in [6.45, 7) is 4.94. The fourth-order valence-corrected chi connectivity index (χ4v) is 8.02. The molecule has 0 bridgehead atoms. The van der Waals surface area contributed by atoms with E-state index < -0.39 is 0 Å². The highest BCUT2D eigenvalue weighted by Crippen LogP contribution is 2.37. The number of unbranched alkanes of at least 4 members (excludes halogenated alkanes) is 7. The van der Waals surface area contributed by atoms with Crippen LogP contribution >= 0.6 is 0 Å². The average Bonchev–Trinajstić information content (AvgIpc) is 3.73. The molecule has 0 radical (unpaired) electrons. The molecule has 0 spiro atoms. The maximum absolute atomic E-state index is 11.7. The van der Waals surface area contributed by atoms with Crippen LogP contribution in [0, 0.1) is 0 Å². The molecule has 0 amide bonds. The van der Waals surface area contributed by atoms with E-state index in [1.807, 2.05) is 13.0 Å². The highest BCUT2D eigenvalue weighted by molar-refractivity contribution is 5.90. The molecule has 0 aromatic heterocycles. The summed E-state index contributed by atoms with van der Waals surface area (Å²) in [5.74, 6) is -0.125. The van der Waals surface area contributed by atoms with Crippen LogP contribution in [-0.2, 0) is 38.0 Å². The summed E-state index contributed by atoms with van der Waals surface area (Å²) in [5.41, 5.74) is 0.859. The lowest BCUT2D eigenvalue weighted by Crippen LogP contribution is -2.36. The van der Waals surface area contributed by atoms with Crippen LogP contribution in [-0.4, -0.2) is 74.5 Å². The first-order valence-electron chi connectivity index (χ1n) is 18.8. The Bertz CT molecular complexity index is 884. The van der Waals surface area contributed by atoms with Crippen LogP contribution in [0.1, 0.15) is 149 Å². The monoisotopic (exact) mass is 634 g/mol. The van der Waals surface area contributed by atoms with Gasteiger partial charge in [-0.1, -0.05) is 58.3 Å². The minimum absolute atomic E-state index is 0.0584. The summed E-state index contributed by atoms with van der Waals surface area (Å²) in [4.78, 5) is 11.7. The molecule has 9 atom stereocenters. The number of cyclic esters (lactones) is 1. The average molecular weight is 635 g/mol. The molecule has 0 aromatic carbocycles. The van der Waals surface area contributed by atoms with Gasteiger partial charge in [0.05, 0.1) is 48.8 Å². The Kier molecular flexibility index (Phi) is 15.0. The molecule has 4 fully saturated rings. The summed E-state index contributed by atoms with van der Waals surface area (Å²) in [7, 11) is 0. The van der Waals surface area contributed by atoms with E-state index >= 15 is 0 Å². The van der Waals surface area contributed by atoms with Gasteiger partial charge in [-0.05, 0) is 96.5 Å². The highest BCUT2D eigenvalue weighted by atomic mass is 16.7. The van der Waals surface area contributed by atoms with Crippen molar-refractivity contribution in [2.24, 2.45) is 0 Å². The van der Waals surface area contributed by atoms with Gasteiger partial charge in [0.15, 0.2) is 0 Å². The van der Waals surface area contributed by atoms with Gasteiger partial charge in [0.25, 0.3) is 0 Å². The molecule has 5 aliphatic heterocycles. The second-order valence-corrected chi connectivity index (χ2v) is 14.3. The first-order chi connectivity index (χ1) is 22.1. The Balaban J connectivity index is 0.922. The summed E-state index contributed by atoms with van der Waals surface area (Å²) < 4.78 is 43.0. The predicted octanol–water partition coefficient (Wildman–Crippen LogP) is 8.09. The van der Waals surface area contributed by atoms with Gasteiger partial charge >= 0.3 is 5.97 Å². The van der Waals surface area contributed by atoms with Crippen LogP contribution in [0.5, 0.6) is 0 Å². The van der Waals surface area contributed by atoms with Gasteiger partial charge in [0, 0.05) is 5.57 Å². The number of hydrogen-bond donors (Lipinski definition) is 0. The standard InChI is InChI=1S/C37H62O8/c1-3-4-5-10-14-29-16-12-17-31(41-25-39-29)33-20-22-35(44-33)36-23-21-34(45-36)32-19-18-30(40-26-42-32)15-11-8-6-7-9-13-28-24-27(2)43-37(28)38/h24,27,29-36H,3-23,25-26H2,1-2H3/t27?,29-,30+,31-,32+,33+,34+,35-,36+/m1/s1. The van der Waals surface area contributed by atoms with E-state index in [1.165, 1.54) is 44.9 Å². The first-order valence-corrected chi connectivity index (χ1v) is 18.8. The van der Waals surface area contributed by atoms with Crippen LogP contribution in [0.3, 0.4) is 0 Å². The number of carbonyl (C=O) groups is 1. The Morgan fingerprint density at radius 1 is 0.600 bits per heavy atom. The fraction of sp³-hybridized carbons (Fsp3) is 0.919. The third-order valence-corrected chi connectivity index (χ3v) is 10.7. The number of hydrogen-bond acceptors (Lipinski definition) is 8. The van der Waals surface area contributed by atoms with Crippen molar-refractivity contribution in [1.29, 1.82) is 0 Å². The third-order valence-electron chi connectivity index (χ3n) is 10.7. The predicted molar refractivity (Wildman–Crippen MR) is 173 cm³/mol. The van der Waals surface area contributed by atoms with Crippen molar-refractivity contribution >= 4 is 5.97 Å². The molecule has 8 heteroatoms. The molecule has 0 saturated carbocycles. The normalized spacial score (nSPS) is 36.4. The summed E-state index contributed by atoms with van der Waals surface area (Å²) >= 11 is 0. The van der Waals surface area contributed by atoms with Gasteiger partial charge in [-0.25, -0.2) is 4.79 Å². The van der Waals surface area contributed by atoms with Gasteiger partial charge in [0.2, 0.25) is 0 Å². The Morgan fingerprint density at radius 3 is 1.76 bits per heavy atom. The lowest BCUT2D eigenvalue weighted by atomic mass is 9.99. The van der Waals surface area contributed by atoms with Crippen molar-refractivity contribution < 1.29 is 38.0 Å². The largest absolute Gasteiger partial charge is 0.455 e. The summed E-state index contributed by atoms with van der Waals surface area (Å²) in [5, 5.41) is 0. The van der Waals surface area contributed by atoms with Gasteiger partial charge < -0.3 is 33.2 Å². The number of esters is 1. The van der Waals surface area contributed by atoms with E-state index in [9.17, 15) is 4.79 Å². The highest BCUT2D eigenvalue weighted by Gasteiger charge is 2.42. The minimum atomic E-state index is -0.125. The van der Waals surface area contributed by atoms with Crippen molar-refractivity contribution in [3.05, 3.63) is 11.6 Å². The molecule has 5 aliphatic rings. The third kappa shape index (κ3) is 11.3. The van der Waals surface area contributed by atoms with E-state index in [0.29, 0.717) is 19.7 Å². The maximum atomic E-state index is 11.7. The lowest BCUT2D eigenvalue weighted by Gasteiger charge is -2.30. The van der Waals surface area contributed by atoms with E-state index in [4.69, 9.17) is 33.2 Å². The molecule has 0 N–H and O–H groups in total. The molecular formula is C37H62O8. The topological polar surface area (TPSA) is 81.7 Å². The first kappa shape index (κ1) is 35.3. The van der Waals surface area contributed by atoms with Crippen LogP contribution in [0.25, 0.3) is 0 Å². The second-order valence-electron chi connectivity index (χ2n) is 14.3. The van der Waals surface area contributed by atoms with Gasteiger partial charge in [-0.2, -0.15) is 0 Å². The number of ether oxygens (including phenoxy) is 7. The van der Waals surface area contributed by atoms with Gasteiger partial charge in [0.1, 0.15) is 19.7 Å². The van der Waals surface area contributed by atoms with Crippen LogP contribution in [0.4, 0.5) is 0 Å². The van der Waals surface area contributed by atoms with E-state index in [-0.39, 0.29) is 54.8 Å². The summed E-state index contributed by atoms with van der Waals surface area (Å²) in [6, 6.07) is 0. The molecule has 4 saturated heterocycles. The number of rotatable bonds is 16. The molecule has 8 nitrogen and oxygen atoms in total. The summed E-state index contributed by atoms with van der Waals surface area (Å²) in [6.07, 6.45) is 27.0. The fourth-order valence-electron chi connectivity index (χ4n) is 8.02. The smallest absolute Gasteiger partial charge is 0.334 e. The second kappa shape index (κ2) is 19.1. The molecule has 45 heavy (non-hydrogen) atoms. The molecule has 0 aliphatic carbocycles. The Labute approximate surface area is 272 Å². The zero-order valence-corrected chi connectivity index (χ0v) is 28.3. The van der Waals surface area contributed by atoms with Gasteiger partial charge in [-0.15, -0.1) is 0 Å². The maximum Gasteiger partial charge on any atom is 0.334 e. The van der Waals surface area contributed by atoms with E-state index in [0.717, 1.165) is 95.5 Å². The van der Waals surface area contributed by atoms with E-state index in [1.54, 1.807) is 0 Å². The van der Waals surface area contributed by atoms with Crippen molar-refractivity contribution in [2.45, 2.75) is 204 Å². The Hall–Kier alpha value is -1.03. The molecule has 5 rings (SSSR count). The van der Waals surface area contributed by atoms with Crippen LogP contribution < -0.4 is 0 Å². The van der Waals surface area contributed by atoms with Crippen molar-refractivity contribution in [2.75, 3.05) is 13.6 Å². The zero-order chi connectivity index (χ0) is 31.3. The van der Waals surface area contributed by atoms with E-state index in [2.05, 4.69) is 6.92 Å². The quantitative estimate of drug-likeness (QED) is 0.125. The van der Waals surface area contributed by atoms with Crippen LogP contribution in [0.15, 0.2) is 11.6 Å². The molecule has 258 valence electrons. The number of carbonyl (C=O) groups excluding carboxylic acids is 1. The molecule has 5 heterocycles.